The van der Waals surface area contributed by atoms with E-state index in [1.807, 2.05) is 30.5 Å². The molecule has 0 atom stereocenters. The number of rotatable bonds is 2. The molecule has 1 fully saturated rings. The first-order valence-electron chi connectivity index (χ1n) is 6.03. The van der Waals surface area contributed by atoms with Crippen LogP contribution in [0.15, 0.2) is 30.5 Å². The van der Waals surface area contributed by atoms with Crippen LogP contribution in [0.1, 0.15) is 31.2 Å². The molecule has 0 amide bonds. The van der Waals surface area contributed by atoms with Gasteiger partial charge < -0.3 is 10.1 Å². The van der Waals surface area contributed by atoms with Crippen molar-refractivity contribution in [1.29, 1.82) is 0 Å². The highest BCUT2D eigenvalue weighted by molar-refractivity contribution is 5.86. The van der Waals surface area contributed by atoms with Gasteiger partial charge in [-0.05, 0) is 35.9 Å². The van der Waals surface area contributed by atoms with Gasteiger partial charge in [0.2, 0.25) is 0 Å². The lowest BCUT2D eigenvalue weighted by Crippen LogP contribution is -2.32. The van der Waals surface area contributed by atoms with Crippen LogP contribution in [-0.4, -0.2) is 16.1 Å². The van der Waals surface area contributed by atoms with Crippen molar-refractivity contribution in [2.24, 2.45) is 0 Å². The van der Waals surface area contributed by atoms with E-state index in [4.69, 9.17) is 0 Å². The Hall–Kier alpha value is -1.77. The molecule has 1 aliphatic carbocycles. The standard InChI is InChI=1S/C14H15NO2/c16-13(17)14(6-1-2-7-14)11-4-3-10-5-8-15-12(10)9-11/h3-5,8-9,15H,1-2,6-7H2,(H,16,17). The Morgan fingerprint density at radius 1 is 1.24 bits per heavy atom. The fraction of sp³-hybridized carbons (Fsp3) is 0.357. The number of fused-ring (bicyclic) bond motifs is 1. The Morgan fingerprint density at radius 2 is 2.00 bits per heavy atom. The third kappa shape index (κ3) is 1.46. The molecule has 2 aromatic rings. The van der Waals surface area contributed by atoms with Gasteiger partial charge in [0.05, 0.1) is 5.41 Å². The fourth-order valence-corrected chi connectivity index (χ4v) is 2.95. The van der Waals surface area contributed by atoms with Crippen molar-refractivity contribution in [3.63, 3.8) is 0 Å². The van der Waals surface area contributed by atoms with Gasteiger partial charge in [-0.15, -0.1) is 0 Å². The molecule has 3 rings (SSSR count). The number of benzene rings is 1. The first-order valence-corrected chi connectivity index (χ1v) is 6.03. The number of hydrogen-bond acceptors (Lipinski definition) is 1. The summed E-state index contributed by atoms with van der Waals surface area (Å²) in [7, 11) is 0. The molecule has 88 valence electrons. The van der Waals surface area contributed by atoms with Crippen LogP contribution in [0.2, 0.25) is 0 Å². The van der Waals surface area contributed by atoms with E-state index in [1.54, 1.807) is 0 Å². The summed E-state index contributed by atoms with van der Waals surface area (Å²) in [6, 6.07) is 7.97. The average molecular weight is 229 g/mol. The van der Waals surface area contributed by atoms with Gasteiger partial charge in [-0.25, -0.2) is 0 Å². The van der Waals surface area contributed by atoms with Gasteiger partial charge >= 0.3 is 5.97 Å². The molecule has 17 heavy (non-hydrogen) atoms. The number of carboxylic acid groups (broad SMARTS) is 1. The van der Waals surface area contributed by atoms with Crippen molar-refractivity contribution in [2.75, 3.05) is 0 Å². The number of aromatic nitrogens is 1. The third-order valence-corrected chi connectivity index (χ3v) is 3.97. The Labute approximate surface area is 99.5 Å². The number of carboxylic acids is 1. The van der Waals surface area contributed by atoms with Gasteiger partial charge in [-0.1, -0.05) is 25.0 Å². The van der Waals surface area contributed by atoms with Crippen molar-refractivity contribution >= 4 is 16.9 Å². The Balaban J connectivity index is 2.14. The summed E-state index contributed by atoms with van der Waals surface area (Å²) in [4.78, 5) is 14.7. The predicted octanol–water partition coefficient (Wildman–Crippen LogP) is 3.06. The molecule has 0 aliphatic heterocycles. The second kappa shape index (κ2) is 3.62. The van der Waals surface area contributed by atoms with E-state index >= 15 is 0 Å². The van der Waals surface area contributed by atoms with Gasteiger partial charge in [-0.2, -0.15) is 0 Å². The number of aliphatic carboxylic acids is 1. The van der Waals surface area contributed by atoms with Crippen LogP contribution in [0.5, 0.6) is 0 Å². The third-order valence-electron chi connectivity index (χ3n) is 3.97. The van der Waals surface area contributed by atoms with Crippen LogP contribution in [0.4, 0.5) is 0 Å². The van der Waals surface area contributed by atoms with E-state index in [0.717, 1.165) is 42.1 Å². The maximum atomic E-state index is 11.6. The Morgan fingerprint density at radius 3 is 2.71 bits per heavy atom. The van der Waals surface area contributed by atoms with Crippen LogP contribution in [0.25, 0.3) is 10.9 Å². The van der Waals surface area contributed by atoms with Crippen LogP contribution >= 0.6 is 0 Å². The summed E-state index contributed by atoms with van der Waals surface area (Å²) >= 11 is 0. The number of aromatic amines is 1. The average Bonchev–Trinajstić information content (AvgIpc) is 2.97. The Kier molecular flexibility index (Phi) is 2.21. The lowest BCUT2D eigenvalue weighted by molar-refractivity contribution is -0.143. The summed E-state index contributed by atoms with van der Waals surface area (Å²) in [5.74, 6) is -0.680. The van der Waals surface area contributed by atoms with Gasteiger partial charge in [-0.3, -0.25) is 4.79 Å². The molecule has 0 radical (unpaired) electrons. The molecule has 1 aromatic carbocycles. The predicted molar refractivity (Wildman–Crippen MR) is 66.1 cm³/mol. The van der Waals surface area contributed by atoms with E-state index in [1.165, 1.54) is 0 Å². The maximum absolute atomic E-state index is 11.6. The number of carbonyl (C=O) groups is 1. The molecule has 0 bridgehead atoms. The quantitative estimate of drug-likeness (QED) is 0.831. The zero-order chi connectivity index (χ0) is 11.9. The van der Waals surface area contributed by atoms with Gasteiger partial charge in [0, 0.05) is 11.7 Å². The molecule has 1 heterocycles. The van der Waals surface area contributed by atoms with E-state index in [2.05, 4.69) is 4.98 Å². The summed E-state index contributed by atoms with van der Waals surface area (Å²) in [5.41, 5.74) is 1.31. The maximum Gasteiger partial charge on any atom is 0.314 e. The Bertz CT molecular complexity index is 564. The van der Waals surface area contributed by atoms with Crippen LogP contribution in [0.3, 0.4) is 0 Å². The van der Waals surface area contributed by atoms with Crippen molar-refractivity contribution in [2.45, 2.75) is 31.1 Å². The molecule has 1 aromatic heterocycles. The van der Waals surface area contributed by atoms with Gasteiger partial charge in [0.1, 0.15) is 0 Å². The minimum Gasteiger partial charge on any atom is -0.481 e. The van der Waals surface area contributed by atoms with Crippen LogP contribution in [-0.2, 0) is 10.2 Å². The smallest absolute Gasteiger partial charge is 0.314 e. The second-order valence-corrected chi connectivity index (χ2v) is 4.87. The van der Waals surface area contributed by atoms with Crippen molar-refractivity contribution in [1.82, 2.24) is 4.98 Å². The molecule has 3 heteroatoms. The van der Waals surface area contributed by atoms with E-state index in [0.29, 0.717) is 0 Å². The first kappa shape index (κ1) is 10.4. The summed E-state index contributed by atoms with van der Waals surface area (Å²) < 4.78 is 0. The number of H-pyrrole nitrogens is 1. The second-order valence-electron chi connectivity index (χ2n) is 4.87. The largest absolute Gasteiger partial charge is 0.481 e. The van der Waals surface area contributed by atoms with Gasteiger partial charge in [0.25, 0.3) is 0 Å². The van der Waals surface area contributed by atoms with Crippen molar-refractivity contribution in [3.8, 4) is 0 Å². The summed E-state index contributed by atoms with van der Waals surface area (Å²) in [5, 5.41) is 10.7. The first-order chi connectivity index (χ1) is 8.22. The SMILES string of the molecule is O=C(O)C1(c2ccc3cc[nH]c3c2)CCCC1. The summed E-state index contributed by atoms with van der Waals surface area (Å²) in [6.45, 7) is 0. The topological polar surface area (TPSA) is 53.1 Å². The highest BCUT2D eigenvalue weighted by Crippen LogP contribution is 2.42. The molecule has 3 nitrogen and oxygen atoms in total. The normalized spacial score (nSPS) is 18.6. The zero-order valence-corrected chi connectivity index (χ0v) is 9.57. The van der Waals surface area contributed by atoms with Crippen LogP contribution in [0, 0.1) is 0 Å². The minimum absolute atomic E-state index is 0.653. The fourth-order valence-electron chi connectivity index (χ4n) is 2.95. The molecule has 0 spiro atoms. The molecule has 2 N–H and O–H groups in total. The van der Waals surface area contributed by atoms with E-state index in [9.17, 15) is 9.90 Å². The van der Waals surface area contributed by atoms with Gasteiger partial charge in [0.15, 0.2) is 0 Å². The molecular weight excluding hydrogens is 214 g/mol. The van der Waals surface area contributed by atoms with Crippen molar-refractivity contribution in [3.05, 3.63) is 36.0 Å². The molecule has 0 saturated heterocycles. The van der Waals surface area contributed by atoms with E-state index in [-0.39, 0.29) is 0 Å². The lowest BCUT2D eigenvalue weighted by atomic mass is 9.79. The monoisotopic (exact) mass is 229 g/mol. The van der Waals surface area contributed by atoms with Crippen molar-refractivity contribution < 1.29 is 9.90 Å². The summed E-state index contributed by atoms with van der Waals surface area (Å²) in [6.07, 6.45) is 5.42. The number of nitrogens with one attached hydrogen (secondary N) is 1. The zero-order valence-electron chi connectivity index (χ0n) is 9.57. The lowest BCUT2D eigenvalue weighted by Gasteiger charge is -2.24. The van der Waals surface area contributed by atoms with E-state index < -0.39 is 11.4 Å². The highest BCUT2D eigenvalue weighted by Gasteiger charge is 2.42. The highest BCUT2D eigenvalue weighted by atomic mass is 16.4. The van der Waals surface area contributed by atoms with Crippen LogP contribution < -0.4 is 0 Å². The minimum atomic E-state index is -0.680. The molecule has 1 saturated carbocycles. The molecule has 0 unspecified atom stereocenters. The molecule has 1 aliphatic rings. The number of hydrogen-bond donors (Lipinski definition) is 2. The molecular formula is C14H15NO2.